The number of Topliss-reactive ketones (excluding diaryl/α,β-unsaturated/α-hetero) is 1. The molecule has 1 fully saturated rings. The van der Waals surface area contributed by atoms with Crippen LogP contribution in [0.3, 0.4) is 0 Å². The highest BCUT2D eigenvalue weighted by Crippen LogP contribution is 2.35. The van der Waals surface area contributed by atoms with Crippen molar-refractivity contribution in [3.05, 3.63) is 50.7 Å². The number of hydrogen-bond donors (Lipinski definition) is 2. The number of carbonyl (C=O) groups is 1. The molecular formula is C17H20N4O4. The van der Waals surface area contributed by atoms with Gasteiger partial charge in [0.05, 0.1) is 19.3 Å². The minimum atomic E-state index is -0.752. The molecule has 0 radical (unpaired) electrons. The zero-order valence-electron chi connectivity index (χ0n) is 14.1. The molecule has 25 heavy (non-hydrogen) atoms. The Bertz CT molecular complexity index is 927. The second-order valence-electron chi connectivity index (χ2n) is 6.07. The standard InChI is InChI=1S/C17H20N4O4/c1-20(11-5-3-4-6-13(11)25-2)9-12(22)14-15(18)21(10-7-8-10)17(24)19-16(14)23/h3-6,10H,7-9,18H2,1-2H3,(H,19,23,24). The maximum absolute atomic E-state index is 12.7. The van der Waals surface area contributed by atoms with Crippen molar-refractivity contribution in [1.29, 1.82) is 0 Å². The van der Waals surface area contributed by atoms with Gasteiger partial charge in [-0.25, -0.2) is 4.79 Å². The molecule has 0 atom stereocenters. The van der Waals surface area contributed by atoms with E-state index in [2.05, 4.69) is 4.98 Å². The lowest BCUT2D eigenvalue weighted by molar-refractivity contribution is 0.0999. The molecule has 2 aromatic rings. The van der Waals surface area contributed by atoms with Crippen molar-refractivity contribution < 1.29 is 9.53 Å². The van der Waals surface area contributed by atoms with Crippen LogP contribution in [0.25, 0.3) is 0 Å². The highest BCUT2D eigenvalue weighted by molar-refractivity contribution is 6.02. The number of carbonyl (C=O) groups excluding carboxylic acids is 1. The summed E-state index contributed by atoms with van der Waals surface area (Å²) in [5.41, 5.74) is 5.19. The predicted octanol–water partition coefficient (Wildman–Crippen LogP) is 0.781. The van der Waals surface area contributed by atoms with Crippen LogP contribution < -0.4 is 26.6 Å². The first-order valence-electron chi connectivity index (χ1n) is 7.95. The number of nitrogens with one attached hydrogen (secondary N) is 1. The largest absolute Gasteiger partial charge is 0.495 e. The van der Waals surface area contributed by atoms with Gasteiger partial charge < -0.3 is 15.4 Å². The summed E-state index contributed by atoms with van der Waals surface area (Å²) in [6, 6.07) is 7.21. The Morgan fingerprint density at radius 1 is 1.36 bits per heavy atom. The minimum Gasteiger partial charge on any atom is -0.495 e. The Balaban J connectivity index is 1.93. The van der Waals surface area contributed by atoms with E-state index < -0.39 is 17.0 Å². The van der Waals surface area contributed by atoms with E-state index in [1.807, 2.05) is 18.2 Å². The van der Waals surface area contributed by atoms with Gasteiger partial charge in [-0.1, -0.05) is 12.1 Å². The summed E-state index contributed by atoms with van der Waals surface area (Å²) in [6.45, 7) is -0.0729. The van der Waals surface area contributed by atoms with Gasteiger partial charge in [-0.15, -0.1) is 0 Å². The monoisotopic (exact) mass is 344 g/mol. The van der Waals surface area contributed by atoms with Crippen molar-refractivity contribution in [1.82, 2.24) is 9.55 Å². The van der Waals surface area contributed by atoms with Crippen LogP contribution in [0.4, 0.5) is 11.5 Å². The lowest BCUT2D eigenvalue weighted by Gasteiger charge is -2.21. The van der Waals surface area contributed by atoms with Gasteiger partial charge in [0.2, 0.25) is 0 Å². The van der Waals surface area contributed by atoms with Gasteiger partial charge in [-0.3, -0.25) is 19.1 Å². The number of rotatable bonds is 6. The molecule has 0 unspecified atom stereocenters. The maximum atomic E-state index is 12.7. The summed E-state index contributed by atoms with van der Waals surface area (Å²) >= 11 is 0. The molecule has 0 amide bonds. The van der Waals surface area contributed by atoms with E-state index in [-0.39, 0.29) is 24.0 Å². The number of para-hydroxylation sites is 2. The van der Waals surface area contributed by atoms with Gasteiger partial charge in [0.25, 0.3) is 5.56 Å². The molecule has 1 heterocycles. The molecule has 1 saturated carbocycles. The number of methoxy groups -OCH3 is 1. The van der Waals surface area contributed by atoms with E-state index in [0.717, 1.165) is 12.8 Å². The van der Waals surface area contributed by atoms with Crippen LogP contribution in [0, 0.1) is 0 Å². The number of hydrogen-bond acceptors (Lipinski definition) is 6. The van der Waals surface area contributed by atoms with Crippen molar-refractivity contribution in [3.8, 4) is 5.75 Å². The number of nitrogens with two attached hydrogens (primary N) is 1. The van der Waals surface area contributed by atoms with Crippen LogP contribution in [0.15, 0.2) is 33.9 Å². The zero-order valence-corrected chi connectivity index (χ0v) is 14.1. The number of nitrogen functional groups attached to an aromatic ring is 1. The number of aromatic amines is 1. The maximum Gasteiger partial charge on any atom is 0.330 e. The summed E-state index contributed by atoms with van der Waals surface area (Å²) in [5.74, 6) is 0.0962. The molecule has 0 aliphatic heterocycles. The highest BCUT2D eigenvalue weighted by atomic mass is 16.5. The highest BCUT2D eigenvalue weighted by Gasteiger charge is 2.30. The fourth-order valence-corrected chi connectivity index (χ4v) is 2.86. The third kappa shape index (κ3) is 3.15. The number of benzene rings is 1. The summed E-state index contributed by atoms with van der Waals surface area (Å²) in [6.07, 6.45) is 1.62. The summed E-state index contributed by atoms with van der Waals surface area (Å²) < 4.78 is 6.59. The van der Waals surface area contributed by atoms with Gasteiger partial charge in [-0.05, 0) is 25.0 Å². The number of ether oxygens (including phenoxy) is 1. The molecule has 3 rings (SSSR count). The Morgan fingerprint density at radius 3 is 2.68 bits per heavy atom. The summed E-state index contributed by atoms with van der Waals surface area (Å²) in [5, 5.41) is 0. The Morgan fingerprint density at radius 2 is 2.04 bits per heavy atom. The molecule has 1 aliphatic rings. The van der Waals surface area contributed by atoms with E-state index in [0.29, 0.717) is 11.4 Å². The quantitative estimate of drug-likeness (QED) is 0.749. The van der Waals surface area contributed by atoms with Gasteiger partial charge in [0.15, 0.2) is 5.78 Å². The second-order valence-corrected chi connectivity index (χ2v) is 6.07. The Hall–Kier alpha value is -3.03. The first kappa shape index (κ1) is 16.8. The lowest BCUT2D eigenvalue weighted by atomic mass is 10.1. The minimum absolute atomic E-state index is 0.0390. The van der Waals surface area contributed by atoms with E-state index in [4.69, 9.17) is 10.5 Å². The summed E-state index contributed by atoms with van der Waals surface area (Å²) in [7, 11) is 3.26. The van der Waals surface area contributed by atoms with Gasteiger partial charge >= 0.3 is 5.69 Å². The first-order valence-corrected chi connectivity index (χ1v) is 7.95. The lowest BCUT2D eigenvalue weighted by Crippen LogP contribution is -2.38. The zero-order chi connectivity index (χ0) is 18.1. The molecule has 132 valence electrons. The average Bonchev–Trinajstić information content (AvgIpc) is 3.39. The van der Waals surface area contributed by atoms with Crippen LogP contribution in [-0.2, 0) is 0 Å². The van der Waals surface area contributed by atoms with Crippen molar-refractivity contribution in [3.63, 3.8) is 0 Å². The Kier molecular flexibility index (Phi) is 4.35. The number of nitrogens with zero attached hydrogens (tertiary/aromatic N) is 2. The van der Waals surface area contributed by atoms with Crippen LogP contribution in [0.1, 0.15) is 29.2 Å². The molecule has 1 aromatic carbocycles. The molecule has 0 bridgehead atoms. The number of aromatic nitrogens is 2. The van der Waals surface area contributed by atoms with E-state index in [1.54, 1.807) is 25.1 Å². The molecule has 3 N–H and O–H groups in total. The van der Waals surface area contributed by atoms with Crippen molar-refractivity contribution in [2.24, 2.45) is 0 Å². The molecule has 8 heteroatoms. The number of ketones is 1. The van der Waals surface area contributed by atoms with Crippen LogP contribution in [0.2, 0.25) is 0 Å². The third-order valence-corrected chi connectivity index (χ3v) is 4.25. The second kappa shape index (κ2) is 6.46. The fourth-order valence-electron chi connectivity index (χ4n) is 2.86. The average molecular weight is 344 g/mol. The molecule has 0 saturated heterocycles. The normalized spacial score (nSPS) is 13.5. The van der Waals surface area contributed by atoms with Crippen molar-refractivity contribution >= 4 is 17.3 Å². The SMILES string of the molecule is COc1ccccc1N(C)CC(=O)c1c(N)n(C2CC2)c(=O)[nH]c1=O. The van der Waals surface area contributed by atoms with Crippen molar-refractivity contribution in [2.45, 2.75) is 18.9 Å². The summed E-state index contributed by atoms with van der Waals surface area (Å²) in [4.78, 5) is 40.6. The van der Waals surface area contributed by atoms with E-state index in [1.165, 1.54) is 4.57 Å². The molecular weight excluding hydrogens is 324 g/mol. The number of H-pyrrole nitrogens is 1. The van der Waals surface area contributed by atoms with Gasteiger partial charge in [0, 0.05) is 13.1 Å². The topological polar surface area (TPSA) is 110 Å². The van der Waals surface area contributed by atoms with E-state index >= 15 is 0 Å². The Labute approximate surface area is 143 Å². The van der Waals surface area contributed by atoms with Crippen LogP contribution >= 0.6 is 0 Å². The first-order chi connectivity index (χ1) is 11.9. The molecule has 0 spiro atoms. The van der Waals surface area contributed by atoms with Crippen LogP contribution in [-0.4, -0.2) is 36.0 Å². The predicted molar refractivity (Wildman–Crippen MR) is 94.6 cm³/mol. The molecule has 8 nitrogen and oxygen atoms in total. The smallest absolute Gasteiger partial charge is 0.330 e. The van der Waals surface area contributed by atoms with Gasteiger partial charge in [-0.2, -0.15) is 0 Å². The van der Waals surface area contributed by atoms with Crippen molar-refractivity contribution in [2.75, 3.05) is 31.3 Å². The molecule has 1 aliphatic carbocycles. The van der Waals surface area contributed by atoms with Gasteiger partial charge in [0.1, 0.15) is 17.1 Å². The number of anilines is 2. The fraction of sp³-hybridized carbons (Fsp3) is 0.353. The van der Waals surface area contributed by atoms with Crippen LogP contribution in [0.5, 0.6) is 5.75 Å². The van der Waals surface area contributed by atoms with E-state index in [9.17, 15) is 14.4 Å². The molecule has 1 aromatic heterocycles. The third-order valence-electron chi connectivity index (χ3n) is 4.25. The number of likely N-dealkylation sites (N-methyl/N-ethyl adjacent to an activating group) is 1.